The molecule has 0 aromatic heterocycles. The third-order valence-corrected chi connectivity index (χ3v) is 3.55. The molecule has 0 radical (unpaired) electrons. The van der Waals surface area contributed by atoms with E-state index >= 15 is 0 Å². The molecule has 0 saturated carbocycles. The van der Waals surface area contributed by atoms with Crippen LogP contribution in [0, 0.1) is 10.1 Å². The van der Waals surface area contributed by atoms with Gasteiger partial charge in [0.15, 0.2) is 0 Å². The van der Waals surface area contributed by atoms with Crippen molar-refractivity contribution in [1.82, 2.24) is 0 Å². The van der Waals surface area contributed by atoms with Gasteiger partial charge in [-0.2, -0.15) is 0 Å². The second-order valence-electron chi connectivity index (χ2n) is 3.61. The second kappa shape index (κ2) is 6.53. The van der Waals surface area contributed by atoms with Crippen molar-refractivity contribution in [2.24, 2.45) is 0 Å². The lowest BCUT2D eigenvalue weighted by Crippen LogP contribution is -2.03. The fourth-order valence-corrected chi connectivity index (χ4v) is 2.32. The highest BCUT2D eigenvalue weighted by Gasteiger charge is 2.21. The van der Waals surface area contributed by atoms with Gasteiger partial charge < -0.3 is 4.74 Å². The maximum atomic E-state index is 11.4. The molecule has 19 heavy (non-hydrogen) atoms. The summed E-state index contributed by atoms with van der Waals surface area (Å²) in [7, 11) is 1.12. The predicted molar refractivity (Wildman–Crippen MR) is 71.1 cm³/mol. The summed E-state index contributed by atoms with van der Waals surface area (Å²) < 4.78 is 28.0. The third kappa shape index (κ3) is 4.53. The summed E-state index contributed by atoms with van der Waals surface area (Å²) in [4.78, 5) is 9.50. The predicted octanol–water partition coefficient (Wildman–Crippen LogP) is 2.87. The van der Waals surface area contributed by atoms with Crippen LogP contribution in [-0.2, 0) is 9.05 Å². The summed E-state index contributed by atoms with van der Waals surface area (Å²) in [5, 5.41) is 10.6. The van der Waals surface area contributed by atoms with Gasteiger partial charge >= 0.3 is 0 Å². The first-order valence-electron chi connectivity index (χ1n) is 5.33. The summed E-state index contributed by atoms with van der Waals surface area (Å²) >= 11 is 0. The van der Waals surface area contributed by atoms with E-state index in [0.717, 1.165) is 18.6 Å². The molecule has 1 rings (SSSR count). The Hall–Kier alpha value is -1.60. The lowest BCUT2D eigenvalue weighted by Gasteiger charge is -2.08. The number of rotatable bonds is 7. The Morgan fingerprint density at radius 1 is 1.47 bits per heavy atom. The molecule has 0 N–H and O–H groups in total. The van der Waals surface area contributed by atoms with E-state index in [1.165, 1.54) is 6.07 Å². The molecule has 0 aliphatic carbocycles. The molecule has 0 atom stereocenters. The quantitative estimate of drug-likeness (QED) is 0.254. The van der Waals surface area contributed by atoms with E-state index in [-0.39, 0.29) is 18.0 Å². The number of allylic oxidation sites excluding steroid dienone is 1. The Morgan fingerprint density at radius 3 is 2.68 bits per heavy atom. The molecule has 0 bridgehead atoms. The van der Waals surface area contributed by atoms with Crippen LogP contribution in [0.1, 0.15) is 12.8 Å². The van der Waals surface area contributed by atoms with Gasteiger partial charge in [-0.25, -0.2) is 8.42 Å². The van der Waals surface area contributed by atoms with Gasteiger partial charge in [0.2, 0.25) is 0 Å². The molecular formula is C11H12ClNO5S. The smallest absolute Gasteiger partial charge is 0.271 e. The Bertz CT molecular complexity index is 585. The molecule has 104 valence electrons. The molecule has 1 aromatic carbocycles. The van der Waals surface area contributed by atoms with Gasteiger partial charge in [-0.1, -0.05) is 6.08 Å². The molecule has 8 heteroatoms. The average molecular weight is 306 g/mol. The van der Waals surface area contributed by atoms with Gasteiger partial charge in [0.1, 0.15) is 10.6 Å². The van der Waals surface area contributed by atoms with Gasteiger partial charge in [0, 0.05) is 22.8 Å². The van der Waals surface area contributed by atoms with Crippen molar-refractivity contribution in [1.29, 1.82) is 0 Å². The number of non-ortho nitro benzene ring substituents is 1. The largest absolute Gasteiger partial charge is 0.492 e. The second-order valence-corrected chi connectivity index (χ2v) is 6.14. The minimum absolute atomic E-state index is 0.00432. The van der Waals surface area contributed by atoms with Crippen LogP contribution in [0.15, 0.2) is 35.7 Å². The molecular weight excluding hydrogens is 294 g/mol. The Kier molecular flexibility index (Phi) is 5.31. The van der Waals surface area contributed by atoms with E-state index < -0.39 is 18.9 Å². The summed E-state index contributed by atoms with van der Waals surface area (Å²) in [5.41, 5.74) is -0.363. The number of benzene rings is 1. The number of hydrogen-bond donors (Lipinski definition) is 0. The molecule has 0 aliphatic heterocycles. The maximum absolute atomic E-state index is 11.4. The van der Waals surface area contributed by atoms with E-state index in [1.54, 1.807) is 6.08 Å². The van der Waals surface area contributed by atoms with Crippen molar-refractivity contribution in [3.63, 3.8) is 0 Å². The standard InChI is InChI=1S/C11H12ClNO5S/c1-2-3-4-7-18-10-6-5-9(13(14)15)8-11(10)19(12,16)17/h2,5-6,8H,1,3-4,7H2. The van der Waals surface area contributed by atoms with Crippen molar-refractivity contribution in [2.75, 3.05) is 6.61 Å². The van der Waals surface area contributed by atoms with E-state index in [4.69, 9.17) is 15.4 Å². The van der Waals surface area contributed by atoms with Crippen molar-refractivity contribution in [2.45, 2.75) is 17.7 Å². The molecule has 0 amide bonds. The topological polar surface area (TPSA) is 86.5 Å². The van der Waals surface area contributed by atoms with Crippen molar-refractivity contribution in [3.05, 3.63) is 41.0 Å². The summed E-state index contributed by atoms with van der Waals surface area (Å²) in [6.45, 7) is 3.81. The van der Waals surface area contributed by atoms with Gasteiger partial charge in [-0.3, -0.25) is 10.1 Å². The van der Waals surface area contributed by atoms with Gasteiger partial charge in [-0.15, -0.1) is 6.58 Å². The first kappa shape index (κ1) is 15.5. The lowest BCUT2D eigenvalue weighted by molar-refractivity contribution is -0.385. The maximum Gasteiger partial charge on any atom is 0.271 e. The van der Waals surface area contributed by atoms with Crippen LogP contribution < -0.4 is 4.74 Å². The van der Waals surface area contributed by atoms with E-state index in [0.29, 0.717) is 6.42 Å². The fourth-order valence-electron chi connectivity index (χ4n) is 1.33. The first-order chi connectivity index (χ1) is 8.86. The molecule has 6 nitrogen and oxygen atoms in total. The number of unbranched alkanes of at least 4 members (excludes halogenated alkanes) is 1. The highest BCUT2D eigenvalue weighted by molar-refractivity contribution is 8.13. The van der Waals surface area contributed by atoms with Crippen LogP contribution in [0.4, 0.5) is 5.69 Å². The number of halogens is 1. The van der Waals surface area contributed by atoms with Crippen molar-refractivity contribution in [3.8, 4) is 5.75 Å². The van der Waals surface area contributed by atoms with Crippen LogP contribution in [-0.4, -0.2) is 19.9 Å². The van der Waals surface area contributed by atoms with Crippen LogP contribution in [0.25, 0.3) is 0 Å². The molecule has 0 fully saturated rings. The number of nitro groups is 1. The zero-order chi connectivity index (χ0) is 14.5. The molecule has 0 aliphatic rings. The lowest BCUT2D eigenvalue weighted by atomic mass is 10.3. The van der Waals surface area contributed by atoms with Crippen LogP contribution >= 0.6 is 10.7 Å². The Labute approximate surface area is 115 Å². The van der Waals surface area contributed by atoms with Gasteiger partial charge in [0.05, 0.1) is 11.5 Å². The van der Waals surface area contributed by atoms with E-state index in [9.17, 15) is 18.5 Å². The van der Waals surface area contributed by atoms with Gasteiger partial charge in [-0.05, 0) is 18.9 Å². The first-order valence-corrected chi connectivity index (χ1v) is 7.64. The summed E-state index contributed by atoms with van der Waals surface area (Å²) in [6.07, 6.45) is 3.08. The number of hydrogen-bond acceptors (Lipinski definition) is 5. The normalized spacial score (nSPS) is 11.0. The van der Waals surface area contributed by atoms with Gasteiger partial charge in [0.25, 0.3) is 14.7 Å². The molecule has 0 saturated heterocycles. The SMILES string of the molecule is C=CCCCOc1ccc([N+](=O)[O-])cc1S(=O)(=O)Cl. The zero-order valence-electron chi connectivity index (χ0n) is 9.91. The Morgan fingerprint density at radius 2 is 2.16 bits per heavy atom. The zero-order valence-corrected chi connectivity index (χ0v) is 11.5. The van der Waals surface area contributed by atoms with Crippen molar-refractivity contribution < 1.29 is 18.1 Å². The van der Waals surface area contributed by atoms with E-state index in [1.807, 2.05) is 0 Å². The molecule has 1 aromatic rings. The van der Waals surface area contributed by atoms with Crippen LogP contribution in [0.3, 0.4) is 0 Å². The van der Waals surface area contributed by atoms with Crippen LogP contribution in [0.5, 0.6) is 5.75 Å². The molecule has 0 unspecified atom stereocenters. The summed E-state index contributed by atoms with van der Waals surface area (Å²) in [5.74, 6) is 0.00432. The molecule has 0 spiro atoms. The van der Waals surface area contributed by atoms with E-state index in [2.05, 4.69) is 6.58 Å². The highest BCUT2D eigenvalue weighted by Crippen LogP contribution is 2.30. The summed E-state index contributed by atoms with van der Waals surface area (Å²) in [6, 6.07) is 3.26. The van der Waals surface area contributed by atoms with Crippen LogP contribution in [0.2, 0.25) is 0 Å². The number of nitro benzene ring substituents is 1. The number of nitrogens with zero attached hydrogens (tertiary/aromatic N) is 1. The van der Waals surface area contributed by atoms with Crippen molar-refractivity contribution >= 4 is 25.4 Å². The minimum Gasteiger partial charge on any atom is -0.492 e. The highest BCUT2D eigenvalue weighted by atomic mass is 35.7. The molecule has 0 heterocycles. The monoisotopic (exact) mass is 305 g/mol. The average Bonchev–Trinajstić information content (AvgIpc) is 2.33. The Balaban J connectivity index is 3.03. The fraction of sp³-hybridized carbons (Fsp3) is 0.273. The minimum atomic E-state index is -4.11. The third-order valence-electron chi connectivity index (χ3n) is 2.21. The number of ether oxygens (including phenoxy) is 1.